The molecule has 0 unspecified atom stereocenters. The van der Waals surface area contributed by atoms with E-state index in [4.69, 9.17) is 13.9 Å². The Labute approximate surface area is 161 Å². The van der Waals surface area contributed by atoms with Gasteiger partial charge in [0.15, 0.2) is 0 Å². The van der Waals surface area contributed by atoms with Gasteiger partial charge >= 0.3 is 0 Å². The summed E-state index contributed by atoms with van der Waals surface area (Å²) in [6.45, 7) is 2.42. The molecule has 0 saturated heterocycles. The average molecular weight is 385 g/mol. The van der Waals surface area contributed by atoms with Crippen LogP contribution in [0.25, 0.3) is 11.5 Å². The van der Waals surface area contributed by atoms with Crippen molar-refractivity contribution in [3.8, 4) is 23.0 Å². The van der Waals surface area contributed by atoms with E-state index < -0.39 is 0 Å². The molecule has 0 aliphatic heterocycles. The van der Waals surface area contributed by atoms with Crippen molar-refractivity contribution in [3.63, 3.8) is 0 Å². The van der Waals surface area contributed by atoms with Crippen molar-refractivity contribution >= 4 is 23.4 Å². The third-order valence-electron chi connectivity index (χ3n) is 3.51. The molecular weight excluding hydrogens is 366 g/mol. The van der Waals surface area contributed by atoms with Gasteiger partial charge in [-0.15, -0.1) is 10.2 Å². The third-order valence-corrected chi connectivity index (χ3v) is 4.33. The molecule has 0 radical (unpaired) electrons. The van der Waals surface area contributed by atoms with E-state index in [0.717, 1.165) is 5.56 Å². The lowest BCUT2D eigenvalue weighted by Crippen LogP contribution is -2.14. The second-order valence-corrected chi connectivity index (χ2v) is 6.30. The molecule has 3 aromatic rings. The summed E-state index contributed by atoms with van der Waals surface area (Å²) in [6.07, 6.45) is 0. The summed E-state index contributed by atoms with van der Waals surface area (Å²) in [5.74, 6) is 1.66. The minimum Gasteiger partial charge on any atom is -0.497 e. The molecule has 27 heavy (non-hydrogen) atoms. The number of hydrogen-bond acceptors (Lipinski definition) is 7. The maximum Gasteiger partial charge on any atom is 0.277 e. The Morgan fingerprint density at radius 1 is 1.19 bits per heavy atom. The van der Waals surface area contributed by atoms with Gasteiger partial charge in [0.25, 0.3) is 5.22 Å². The quantitative estimate of drug-likeness (QED) is 0.589. The fraction of sp³-hybridized carbons (Fsp3) is 0.211. The number of carbonyl (C=O) groups excluding carboxylic acids is 1. The number of hydrogen-bond donors (Lipinski definition) is 1. The second-order valence-electron chi connectivity index (χ2n) is 5.37. The smallest absolute Gasteiger partial charge is 0.277 e. The summed E-state index contributed by atoms with van der Waals surface area (Å²) in [5.41, 5.74) is 1.39. The Morgan fingerprint density at radius 3 is 2.85 bits per heavy atom. The van der Waals surface area contributed by atoms with Crippen LogP contribution in [0.1, 0.15) is 6.92 Å². The number of benzene rings is 2. The van der Waals surface area contributed by atoms with Crippen LogP contribution in [0, 0.1) is 0 Å². The molecule has 0 aliphatic rings. The van der Waals surface area contributed by atoms with Crippen LogP contribution in [0.5, 0.6) is 11.5 Å². The highest BCUT2D eigenvalue weighted by Gasteiger charge is 2.13. The molecule has 1 amide bonds. The molecule has 0 atom stereocenters. The van der Waals surface area contributed by atoms with E-state index in [0.29, 0.717) is 34.9 Å². The number of ether oxygens (including phenoxy) is 2. The van der Waals surface area contributed by atoms with Gasteiger partial charge in [-0.2, -0.15) is 0 Å². The number of anilines is 1. The molecule has 0 aliphatic carbocycles. The second kappa shape index (κ2) is 9.09. The van der Waals surface area contributed by atoms with Crippen LogP contribution in [-0.2, 0) is 4.79 Å². The number of amides is 1. The lowest BCUT2D eigenvalue weighted by molar-refractivity contribution is -0.113. The molecule has 0 saturated carbocycles. The number of methoxy groups -OCH3 is 1. The summed E-state index contributed by atoms with van der Waals surface area (Å²) in [6, 6.07) is 14.6. The Bertz CT molecular complexity index is 913. The highest BCUT2D eigenvalue weighted by Crippen LogP contribution is 2.27. The number of rotatable bonds is 8. The van der Waals surface area contributed by atoms with Gasteiger partial charge in [-0.25, -0.2) is 0 Å². The molecule has 1 heterocycles. The Kier molecular flexibility index (Phi) is 6.32. The van der Waals surface area contributed by atoms with Crippen molar-refractivity contribution in [1.82, 2.24) is 10.2 Å². The summed E-state index contributed by atoms with van der Waals surface area (Å²) >= 11 is 1.17. The van der Waals surface area contributed by atoms with Crippen molar-refractivity contribution in [2.45, 2.75) is 12.1 Å². The van der Waals surface area contributed by atoms with Crippen LogP contribution < -0.4 is 14.8 Å². The van der Waals surface area contributed by atoms with Crippen LogP contribution in [0.2, 0.25) is 0 Å². The van der Waals surface area contributed by atoms with Crippen LogP contribution in [0.15, 0.2) is 58.2 Å². The van der Waals surface area contributed by atoms with E-state index in [-0.39, 0.29) is 11.7 Å². The minimum absolute atomic E-state index is 0.139. The largest absolute Gasteiger partial charge is 0.497 e. The van der Waals surface area contributed by atoms with Crippen molar-refractivity contribution in [2.75, 3.05) is 24.8 Å². The first kappa shape index (κ1) is 18.8. The SMILES string of the molecule is CCOc1ccccc1NC(=O)CSc1nnc(-c2cccc(OC)c2)o1. The first-order valence-corrected chi connectivity index (χ1v) is 9.30. The number of nitrogens with one attached hydrogen (secondary N) is 1. The summed E-state index contributed by atoms with van der Waals surface area (Å²) in [4.78, 5) is 12.2. The Hall–Kier alpha value is -3.00. The standard InChI is InChI=1S/C19H19N3O4S/c1-3-25-16-10-5-4-9-15(16)20-17(23)12-27-19-22-21-18(26-19)13-7-6-8-14(11-13)24-2/h4-11H,3,12H2,1-2H3,(H,20,23). The van der Waals surface area contributed by atoms with E-state index in [2.05, 4.69) is 15.5 Å². The molecular formula is C19H19N3O4S. The summed E-state index contributed by atoms with van der Waals surface area (Å²) < 4.78 is 16.3. The molecule has 7 nitrogen and oxygen atoms in total. The Morgan fingerprint density at radius 2 is 2.04 bits per heavy atom. The van der Waals surface area contributed by atoms with Crippen LogP contribution >= 0.6 is 11.8 Å². The molecule has 0 spiro atoms. The van der Waals surface area contributed by atoms with Crippen molar-refractivity contribution < 1.29 is 18.7 Å². The lowest BCUT2D eigenvalue weighted by atomic mass is 10.2. The van der Waals surface area contributed by atoms with Gasteiger partial charge in [-0.05, 0) is 37.3 Å². The van der Waals surface area contributed by atoms with Gasteiger partial charge in [0.1, 0.15) is 11.5 Å². The zero-order valence-corrected chi connectivity index (χ0v) is 15.8. The Balaban J connectivity index is 1.59. The average Bonchev–Trinajstić information content (AvgIpc) is 3.17. The lowest BCUT2D eigenvalue weighted by Gasteiger charge is -2.10. The molecule has 2 aromatic carbocycles. The van der Waals surface area contributed by atoms with Crippen LogP contribution in [0.3, 0.4) is 0 Å². The summed E-state index contributed by atoms with van der Waals surface area (Å²) in [7, 11) is 1.59. The highest BCUT2D eigenvalue weighted by atomic mass is 32.2. The maximum atomic E-state index is 12.2. The van der Waals surface area contributed by atoms with E-state index in [9.17, 15) is 4.79 Å². The van der Waals surface area contributed by atoms with Crippen molar-refractivity contribution in [1.29, 1.82) is 0 Å². The topological polar surface area (TPSA) is 86.5 Å². The molecule has 1 aromatic heterocycles. The fourth-order valence-corrected chi connectivity index (χ4v) is 2.87. The molecule has 8 heteroatoms. The van der Waals surface area contributed by atoms with E-state index in [1.807, 2.05) is 43.3 Å². The van der Waals surface area contributed by atoms with Crippen LogP contribution in [0.4, 0.5) is 5.69 Å². The maximum absolute atomic E-state index is 12.2. The monoisotopic (exact) mass is 385 g/mol. The number of thioether (sulfide) groups is 1. The number of nitrogens with zero attached hydrogens (tertiary/aromatic N) is 2. The van der Waals surface area contributed by atoms with Gasteiger partial charge in [0, 0.05) is 5.56 Å². The molecule has 140 valence electrons. The third kappa shape index (κ3) is 5.01. The van der Waals surface area contributed by atoms with Gasteiger partial charge in [0.05, 0.1) is 25.2 Å². The summed E-state index contributed by atoms with van der Waals surface area (Å²) in [5, 5.41) is 11.1. The highest BCUT2D eigenvalue weighted by molar-refractivity contribution is 7.99. The minimum atomic E-state index is -0.187. The van der Waals surface area contributed by atoms with Gasteiger partial charge in [-0.1, -0.05) is 30.0 Å². The van der Waals surface area contributed by atoms with Crippen molar-refractivity contribution in [2.24, 2.45) is 0 Å². The fourth-order valence-electron chi connectivity index (χ4n) is 2.31. The van der Waals surface area contributed by atoms with E-state index >= 15 is 0 Å². The van der Waals surface area contributed by atoms with Gasteiger partial charge in [0.2, 0.25) is 11.8 Å². The predicted molar refractivity (Wildman–Crippen MR) is 103 cm³/mol. The molecule has 1 N–H and O–H groups in total. The predicted octanol–water partition coefficient (Wildman–Crippen LogP) is 3.87. The van der Waals surface area contributed by atoms with Gasteiger partial charge in [-0.3, -0.25) is 4.79 Å². The van der Waals surface area contributed by atoms with E-state index in [1.54, 1.807) is 19.2 Å². The van der Waals surface area contributed by atoms with Crippen molar-refractivity contribution in [3.05, 3.63) is 48.5 Å². The molecule has 0 bridgehead atoms. The normalized spacial score (nSPS) is 10.4. The number of aromatic nitrogens is 2. The molecule has 3 rings (SSSR count). The number of carbonyl (C=O) groups is 1. The zero-order valence-electron chi connectivity index (χ0n) is 15.0. The van der Waals surface area contributed by atoms with Crippen LogP contribution in [-0.4, -0.2) is 35.6 Å². The first-order valence-electron chi connectivity index (χ1n) is 8.32. The number of para-hydroxylation sites is 2. The molecule has 0 fully saturated rings. The van der Waals surface area contributed by atoms with E-state index in [1.165, 1.54) is 11.8 Å². The first-order chi connectivity index (χ1) is 13.2. The zero-order chi connectivity index (χ0) is 19.1. The van der Waals surface area contributed by atoms with Gasteiger partial charge < -0.3 is 19.2 Å².